The smallest absolute Gasteiger partial charge is 0.286 e. The van der Waals surface area contributed by atoms with Crippen LogP contribution >= 0.6 is 0 Å². The van der Waals surface area contributed by atoms with Gasteiger partial charge in [-0.3, -0.25) is 4.79 Å². The first-order chi connectivity index (χ1) is 14.2. The molecule has 3 rings (SSSR count). The molecule has 1 fully saturated rings. The lowest BCUT2D eigenvalue weighted by Crippen LogP contribution is -2.42. The van der Waals surface area contributed by atoms with E-state index in [9.17, 15) is 9.90 Å². The van der Waals surface area contributed by atoms with Gasteiger partial charge in [-0.25, -0.2) is 0 Å². The van der Waals surface area contributed by atoms with Crippen molar-refractivity contribution in [3.63, 3.8) is 0 Å². The number of aliphatic hydroxyl groups excluding tert-OH is 1. The Hall–Kier alpha value is -1.85. The minimum Gasteiger partial charge on any atom is -0.459 e. The number of nitrogens with one attached hydrogen (secondary N) is 1. The molecule has 1 aromatic rings. The van der Waals surface area contributed by atoms with E-state index >= 15 is 0 Å². The molecule has 5 nitrogen and oxygen atoms in total. The van der Waals surface area contributed by atoms with E-state index in [0.717, 1.165) is 18.4 Å². The van der Waals surface area contributed by atoms with Crippen molar-refractivity contribution < 1.29 is 19.4 Å². The highest BCUT2D eigenvalue weighted by atomic mass is 16.7. The van der Waals surface area contributed by atoms with Crippen LogP contribution in [0.3, 0.4) is 0 Å². The fourth-order valence-corrected chi connectivity index (χ4v) is 4.71. The topological polar surface area (TPSA) is 67.8 Å². The van der Waals surface area contributed by atoms with E-state index in [2.05, 4.69) is 5.32 Å². The molecule has 0 saturated heterocycles. The molecule has 0 spiro atoms. The van der Waals surface area contributed by atoms with Gasteiger partial charge in [0, 0.05) is 25.7 Å². The lowest BCUT2D eigenvalue weighted by atomic mass is 9.71. The Labute approximate surface area is 174 Å². The zero-order valence-electron chi connectivity index (χ0n) is 17.5. The number of amides is 1. The van der Waals surface area contributed by atoms with Gasteiger partial charge in [0.1, 0.15) is 0 Å². The maximum atomic E-state index is 12.9. The first kappa shape index (κ1) is 21.8. The van der Waals surface area contributed by atoms with Crippen molar-refractivity contribution in [1.29, 1.82) is 0 Å². The van der Waals surface area contributed by atoms with Crippen molar-refractivity contribution in [1.82, 2.24) is 5.32 Å². The summed E-state index contributed by atoms with van der Waals surface area (Å²) >= 11 is 0. The van der Waals surface area contributed by atoms with E-state index in [0.29, 0.717) is 24.8 Å². The summed E-state index contributed by atoms with van der Waals surface area (Å²) < 4.78 is 12.0. The average Bonchev–Trinajstić information content (AvgIpc) is 2.77. The Morgan fingerprint density at radius 3 is 2.66 bits per heavy atom. The van der Waals surface area contributed by atoms with Gasteiger partial charge < -0.3 is 19.9 Å². The number of hydrogen-bond donors (Lipinski definition) is 2. The summed E-state index contributed by atoms with van der Waals surface area (Å²) in [5.41, 5.74) is 1.06. The third-order valence-corrected chi connectivity index (χ3v) is 6.17. The number of carbonyl (C=O) groups excluding carboxylic acids is 1. The van der Waals surface area contributed by atoms with E-state index in [1.54, 1.807) is 0 Å². The van der Waals surface area contributed by atoms with E-state index in [-0.39, 0.29) is 24.3 Å². The Balaban J connectivity index is 1.76. The lowest BCUT2D eigenvalue weighted by Gasteiger charge is -2.41. The van der Waals surface area contributed by atoms with Gasteiger partial charge in [0.25, 0.3) is 5.91 Å². The predicted molar refractivity (Wildman–Crippen MR) is 113 cm³/mol. The van der Waals surface area contributed by atoms with Crippen LogP contribution in [0, 0.1) is 17.8 Å². The SMILES string of the molecule is CCO[C@H]1OC(C(=O)NCc2ccccc2)=C[C@@H](C2CCCCC2)[C@@H]1CCCO. The summed E-state index contributed by atoms with van der Waals surface area (Å²) in [6.07, 6.45) is 9.36. The van der Waals surface area contributed by atoms with Gasteiger partial charge in [-0.15, -0.1) is 0 Å². The highest BCUT2D eigenvalue weighted by Gasteiger charge is 2.40. The molecule has 1 aliphatic heterocycles. The molecule has 0 aromatic heterocycles. The Kier molecular flexibility index (Phi) is 8.56. The molecule has 0 bridgehead atoms. The van der Waals surface area contributed by atoms with Crippen molar-refractivity contribution in [3.8, 4) is 0 Å². The quantitative estimate of drug-likeness (QED) is 0.652. The first-order valence-electron chi connectivity index (χ1n) is 11.2. The van der Waals surface area contributed by atoms with Crippen molar-refractivity contribution >= 4 is 5.91 Å². The second kappa shape index (κ2) is 11.4. The first-order valence-corrected chi connectivity index (χ1v) is 11.2. The maximum Gasteiger partial charge on any atom is 0.286 e. The Morgan fingerprint density at radius 2 is 1.97 bits per heavy atom. The second-order valence-electron chi connectivity index (χ2n) is 8.15. The Bertz CT molecular complexity index is 654. The van der Waals surface area contributed by atoms with Crippen LogP contribution < -0.4 is 5.32 Å². The number of benzene rings is 1. The number of rotatable bonds is 9. The third kappa shape index (κ3) is 6.06. The van der Waals surface area contributed by atoms with Gasteiger partial charge in [-0.2, -0.15) is 0 Å². The summed E-state index contributed by atoms with van der Waals surface area (Å²) in [5.74, 6) is 1.19. The molecule has 29 heavy (non-hydrogen) atoms. The minimum atomic E-state index is -0.430. The standard InChI is InChI=1S/C24H35NO4/c1-2-28-24-20(14-9-15-26)21(19-12-7-4-8-13-19)16-22(29-24)23(27)25-17-18-10-5-3-6-11-18/h3,5-6,10-11,16,19-21,24,26H,2,4,7-9,12-15,17H2,1H3,(H,25,27)/t20-,21-,24-/m0/s1. The van der Waals surface area contributed by atoms with E-state index in [4.69, 9.17) is 9.47 Å². The van der Waals surface area contributed by atoms with Crippen LogP contribution in [0.2, 0.25) is 0 Å². The monoisotopic (exact) mass is 401 g/mol. The zero-order valence-corrected chi connectivity index (χ0v) is 17.5. The fraction of sp³-hybridized carbons (Fsp3) is 0.625. The molecule has 2 N–H and O–H groups in total. The minimum absolute atomic E-state index is 0.168. The molecule has 160 valence electrons. The highest BCUT2D eigenvalue weighted by Crippen LogP contribution is 2.42. The molecular formula is C24H35NO4. The third-order valence-electron chi connectivity index (χ3n) is 6.17. The number of ether oxygens (including phenoxy) is 2. The van der Waals surface area contributed by atoms with Crippen LogP contribution in [0.15, 0.2) is 42.2 Å². The number of aliphatic hydroxyl groups is 1. The van der Waals surface area contributed by atoms with Crippen LogP contribution in [0.1, 0.15) is 57.4 Å². The molecule has 0 radical (unpaired) electrons. The number of allylic oxidation sites excluding steroid dienone is 1. The predicted octanol–water partition coefficient (Wildman–Crippen LogP) is 4.16. The molecule has 2 aliphatic rings. The molecular weight excluding hydrogens is 366 g/mol. The maximum absolute atomic E-state index is 12.9. The molecule has 5 heteroatoms. The van der Waals surface area contributed by atoms with Gasteiger partial charge in [-0.05, 0) is 56.1 Å². The normalized spacial score (nSPS) is 25.2. The Morgan fingerprint density at radius 1 is 1.21 bits per heavy atom. The van der Waals surface area contributed by atoms with Crippen LogP contribution in [-0.2, 0) is 20.8 Å². The average molecular weight is 402 g/mol. The summed E-state index contributed by atoms with van der Waals surface area (Å²) in [4.78, 5) is 12.9. The summed E-state index contributed by atoms with van der Waals surface area (Å²) in [6.45, 7) is 3.13. The van der Waals surface area contributed by atoms with Crippen molar-refractivity contribution in [2.24, 2.45) is 17.8 Å². The molecule has 1 aromatic carbocycles. The van der Waals surface area contributed by atoms with Gasteiger partial charge >= 0.3 is 0 Å². The molecule has 1 heterocycles. The van der Waals surface area contributed by atoms with Crippen LogP contribution in [0.5, 0.6) is 0 Å². The fourth-order valence-electron chi connectivity index (χ4n) is 4.71. The van der Waals surface area contributed by atoms with E-state index in [1.165, 1.54) is 32.1 Å². The molecule has 1 saturated carbocycles. The van der Waals surface area contributed by atoms with Crippen molar-refractivity contribution in [2.45, 2.75) is 64.7 Å². The van der Waals surface area contributed by atoms with E-state index < -0.39 is 6.29 Å². The van der Waals surface area contributed by atoms with Crippen molar-refractivity contribution in [3.05, 3.63) is 47.7 Å². The van der Waals surface area contributed by atoms with Crippen LogP contribution in [0.25, 0.3) is 0 Å². The molecule has 0 unspecified atom stereocenters. The molecule has 1 amide bonds. The second-order valence-corrected chi connectivity index (χ2v) is 8.15. The summed E-state index contributed by atoms with van der Waals surface area (Å²) in [6, 6.07) is 9.89. The van der Waals surface area contributed by atoms with Crippen LogP contribution in [0.4, 0.5) is 0 Å². The van der Waals surface area contributed by atoms with Gasteiger partial charge in [-0.1, -0.05) is 49.6 Å². The number of carbonyl (C=O) groups is 1. The van der Waals surface area contributed by atoms with E-state index in [1.807, 2.05) is 43.3 Å². The molecule has 1 aliphatic carbocycles. The molecule has 3 atom stereocenters. The summed E-state index contributed by atoms with van der Waals surface area (Å²) in [5, 5.41) is 12.4. The van der Waals surface area contributed by atoms with Crippen molar-refractivity contribution in [2.75, 3.05) is 13.2 Å². The van der Waals surface area contributed by atoms with Gasteiger partial charge in [0.15, 0.2) is 5.76 Å². The zero-order chi connectivity index (χ0) is 20.5. The van der Waals surface area contributed by atoms with Gasteiger partial charge in [0.05, 0.1) is 0 Å². The summed E-state index contributed by atoms with van der Waals surface area (Å²) in [7, 11) is 0. The lowest BCUT2D eigenvalue weighted by molar-refractivity contribution is -0.177. The number of hydrogen-bond acceptors (Lipinski definition) is 4. The largest absolute Gasteiger partial charge is 0.459 e. The highest BCUT2D eigenvalue weighted by molar-refractivity contribution is 5.91. The van der Waals surface area contributed by atoms with Crippen LogP contribution in [-0.4, -0.2) is 30.5 Å². The van der Waals surface area contributed by atoms with Gasteiger partial charge in [0.2, 0.25) is 6.29 Å².